The summed E-state index contributed by atoms with van der Waals surface area (Å²) in [5.41, 5.74) is -4.81. The number of hydrogen-bond acceptors (Lipinski definition) is 8. The fraction of sp³-hybridized carbons (Fsp3) is 0.486. The maximum Gasteiger partial charge on any atom is 0.425 e. The molecule has 17 heteroatoms. The van der Waals surface area contributed by atoms with Crippen LogP contribution in [0.15, 0.2) is 54.2 Å². The lowest BCUT2D eigenvalue weighted by molar-refractivity contribution is -0.159. The van der Waals surface area contributed by atoms with E-state index in [1.165, 1.54) is 23.6 Å². The maximum absolute atomic E-state index is 14.8. The first-order valence-corrected chi connectivity index (χ1v) is 17.5. The number of pyridine rings is 1. The second-order valence-electron chi connectivity index (χ2n) is 13.1. The number of carbonyl (C=O) groups is 3. The van der Waals surface area contributed by atoms with Crippen LogP contribution < -0.4 is 14.4 Å². The highest BCUT2D eigenvalue weighted by atomic mass is 32.1. The molecule has 0 bridgehead atoms. The van der Waals surface area contributed by atoms with Gasteiger partial charge in [-0.05, 0) is 44.9 Å². The third-order valence-electron chi connectivity index (χ3n) is 9.21. The minimum absolute atomic E-state index is 0.0161. The fourth-order valence-corrected chi connectivity index (χ4v) is 7.32. The Kier molecular flexibility index (Phi) is 11.0. The van der Waals surface area contributed by atoms with Gasteiger partial charge in [-0.1, -0.05) is 25.5 Å². The molecule has 2 aliphatic rings. The summed E-state index contributed by atoms with van der Waals surface area (Å²) in [6.45, 7) is 5.26. The van der Waals surface area contributed by atoms with E-state index in [1.807, 2.05) is 4.90 Å². The predicted octanol–water partition coefficient (Wildman–Crippen LogP) is 6.99. The zero-order chi connectivity index (χ0) is 38.1. The molecule has 4 heterocycles. The van der Waals surface area contributed by atoms with Crippen molar-refractivity contribution in [3.8, 4) is 11.5 Å². The molecule has 0 spiro atoms. The van der Waals surface area contributed by atoms with Crippen molar-refractivity contribution in [3.05, 3.63) is 70.2 Å². The Bertz CT molecular complexity index is 1770. The molecule has 2 amide bonds. The lowest BCUT2D eigenvalue weighted by Crippen LogP contribution is -2.69. The summed E-state index contributed by atoms with van der Waals surface area (Å²) < 4.78 is 95.1. The molecule has 0 aliphatic carbocycles. The Morgan fingerprint density at radius 1 is 1.00 bits per heavy atom. The molecule has 0 unspecified atom stereocenters. The van der Waals surface area contributed by atoms with E-state index in [9.17, 15) is 45.8 Å². The number of amides is 2. The van der Waals surface area contributed by atoms with Crippen molar-refractivity contribution in [2.24, 2.45) is 0 Å². The van der Waals surface area contributed by atoms with Gasteiger partial charge in [0.15, 0.2) is 5.60 Å². The number of anilines is 1. The topological polar surface area (TPSA) is 113 Å². The molecular formula is C35H38F6N4O6S. The van der Waals surface area contributed by atoms with E-state index in [1.54, 1.807) is 31.2 Å². The van der Waals surface area contributed by atoms with Gasteiger partial charge in [0.05, 0.1) is 22.9 Å². The van der Waals surface area contributed by atoms with Gasteiger partial charge in [-0.25, -0.2) is 4.79 Å². The molecule has 2 atom stereocenters. The van der Waals surface area contributed by atoms with Crippen molar-refractivity contribution in [1.82, 2.24) is 14.8 Å². The molecule has 2 fully saturated rings. The number of hydrogen-bond donors (Lipinski definition) is 1. The number of carboxylic acid groups (broad SMARTS) is 1. The summed E-state index contributed by atoms with van der Waals surface area (Å²) in [4.78, 5) is 47.9. The molecule has 282 valence electrons. The average Bonchev–Trinajstić information content (AvgIpc) is 3.57. The summed E-state index contributed by atoms with van der Waals surface area (Å²) in [6, 6.07) is 7.15. The van der Waals surface area contributed by atoms with Gasteiger partial charge in [0.2, 0.25) is 5.60 Å². The van der Waals surface area contributed by atoms with Crippen LogP contribution in [-0.4, -0.2) is 87.6 Å². The number of halogens is 6. The van der Waals surface area contributed by atoms with Gasteiger partial charge in [-0.2, -0.15) is 26.3 Å². The number of aromatic nitrogens is 1. The zero-order valence-electron chi connectivity index (χ0n) is 28.6. The highest BCUT2D eigenvalue weighted by Crippen LogP contribution is 2.43. The van der Waals surface area contributed by atoms with E-state index < -0.39 is 63.4 Å². The highest BCUT2D eigenvalue weighted by Gasteiger charge is 2.56. The Morgan fingerprint density at radius 2 is 1.69 bits per heavy atom. The number of para-hydroxylation sites is 2. The third-order valence-corrected chi connectivity index (χ3v) is 10.2. The third kappa shape index (κ3) is 7.93. The first-order valence-electron chi connectivity index (χ1n) is 16.6. The van der Waals surface area contributed by atoms with Crippen molar-refractivity contribution in [2.75, 3.05) is 37.6 Å². The standard InChI is InChI=1S/C35H38F6N4O6S/c1-4-8-27-33(50-22-19-28(52-21-22)35(39,40)41,12-7-14-45(27)29(46)23-20-42-13-11-24(23)34(36,37)38)30(47)44-17-15-43(16-18-44)25-9-5-6-10-26(25)51-32(2,3)31(48)49/h5-6,9-11,13,19-21,27H,4,7-8,12,14-18H2,1-3H3,(H,48,49)/t27-,33+/m1/s1. The monoisotopic (exact) mass is 756 g/mol. The molecule has 2 aromatic heterocycles. The van der Waals surface area contributed by atoms with Crippen LogP contribution in [0.3, 0.4) is 0 Å². The number of nitrogens with zero attached hydrogens (tertiary/aromatic N) is 4. The van der Waals surface area contributed by atoms with Gasteiger partial charge >= 0.3 is 18.3 Å². The van der Waals surface area contributed by atoms with E-state index in [2.05, 4.69) is 4.98 Å². The minimum atomic E-state index is -4.88. The van der Waals surface area contributed by atoms with Gasteiger partial charge in [0, 0.05) is 63.0 Å². The maximum atomic E-state index is 14.8. The summed E-state index contributed by atoms with van der Waals surface area (Å²) in [5.74, 6) is -2.74. The number of aliphatic carboxylic acids is 1. The highest BCUT2D eigenvalue weighted by molar-refractivity contribution is 7.10. The molecule has 1 aromatic carbocycles. The van der Waals surface area contributed by atoms with Crippen LogP contribution in [0.5, 0.6) is 11.5 Å². The van der Waals surface area contributed by atoms with Crippen LogP contribution >= 0.6 is 11.3 Å². The van der Waals surface area contributed by atoms with E-state index in [0.29, 0.717) is 35.3 Å². The molecule has 5 rings (SSSR count). The lowest BCUT2D eigenvalue weighted by atomic mass is 9.79. The summed E-state index contributed by atoms with van der Waals surface area (Å²) in [5, 5.41) is 10.7. The number of ether oxygens (including phenoxy) is 2. The van der Waals surface area contributed by atoms with Crippen LogP contribution in [-0.2, 0) is 21.9 Å². The van der Waals surface area contributed by atoms with E-state index >= 15 is 0 Å². The molecule has 0 radical (unpaired) electrons. The predicted molar refractivity (Wildman–Crippen MR) is 178 cm³/mol. The Hall–Kier alpha value is -4.54. The second kappa shape index (κ2) is 14.8. The normalized spacial score (nSPS) is 20.1. The van der Waals surface area contributed by atoms with E-state index in [-0.39, 0.29) is 57.7 Å². The Balaban J connectivity index is 1.49. The average molecular weight is 757 g/mol. The van der Waals surface area contributed by atoms with E-state index in [4.69, 9.17) is 9.47 Å². The number of benzene rings is 1. The molecular weight excluding hydrogens is 718 g/mol. The summed E-state index contributed by atoms with van der Waals surface area (Å²) in [7, 11) is 0. The molecule has 2 saturated heterocycles. The smallest absolute Gasteiger partial charge is 0.425 e. The van der Waals surface area contributed by atoms with Crippen molar-refractivity contribution < 1.29 is 55.3 Å². The van der Waals surface area contributed by atoms with Gasteiger partial charge in [0.25, 0.3) is 11.8 Å². The van der Waals surface area contributed by atoms with Crippen LogP contribution in [0.2, 0.25) is 0 Å². The van der Waals surface area contributed by atoms with Crippen LogP contribution in [0, 0.1) is 0 Å². The zero-order valence-corrected chi connectivity index (χ0v) is 29.4. The molecule has 1 N–H and O–H groups in total. The Morgan fingerprint density at radius 3 is 2.31 bits per heavy atom. The van der Waals surface area contributed by atoms with Crippen molar-refractivity contribution in [1.29, 1.82) is 0 Å². The van der Waals surface area contributed by atoms with Gasteiger partial charge in [0.1, 0.15) is 16.4 Å². The molecule has 3 aromatic rings. The van der Waals surface area contributed by atoms with E-state index in [0.717, 1.165) is 23.8 Å². The molecule has 10 nitrogen and oxygen atoms in total. The number of carboxylic acids is 1. The largest absolute Gasteiger partial charge is 0.478 e. The molecule has 0 saturated carbocycles. The number of rotatable bonds is 10. The quantitative estimate of drug-likeness (QED) is 0.221. The summed E-state index contributed by atoms with van der Waals surface area (Å²) >= 11 is 0.375. The second-order valence-corrected chi connectivity index (χ2v) is 14.0. The number of carbonyl (C=O) groups excluding carboxylic acids is 2. The fourth-order valence-electron chi connectivity index (χ4n) is 6.64. The number of thiophene rings is 1. The van der Waals surface area contributed by atoms with Gasteiger partial charge in [-0.3, -0.25) is 14.6 Å². The number of piperazine rings is 1. The SMILES string of the molecule is CCC[C@H]1N(C(=O)c2cnccc2C(F)(F)F)CCC[C@@]1(Oc1csc(C(F)(F)F)c1)C(=O)N1CCN(c2ccccc2OC(C)(C)C(=O)O)CC1. The first-order chi connectivity index (χ1) is 24.4. The Labute approximate surface area is 299 Å². The summed E-state index contributed by atoms with van der Waals surface area (Å²) in [6.07, 6.45) is -7.28. The van der Waals surface area contributed by atoms with Crippen LogP contribution in [0.25, 0.3) is 0 Å². The van der Waals surface area contributed by atoms with Crippen molar-refractivity contribution in [2.45, 2.75) is 76.1 Å². The van der Waals surface area contributed by atoms with Crippen molar-refractivity contribution in [3.63, 3.8) is 0 Å². The van der Waals surface area contributed by atoms with Crippen LogP contribution in [0.4, 0.5) is 32.0 Å². The molecule has 52 heavy (non-hydrogen) atoms. The first kappa shape index (κ1) is 38.7. The van der Waals surface area contributed by atoms with Gasteiger partial charge < -0.3 is 29.3 Å². The molecule has 2 aliphatic heterocycles. The number of piperidine rings is 1. The van der Waals surface area contributed by atoms with Gasteiger partial charge in [-0.15, -0.1) is 11.3 Å². The lowest BCUT2D eigenvalue weighted by Gasteiger charge is -2.51. The van der Waals surface area contributed by atoms with Crippen molar-refractivity contribution >= 4 is 34.8 Å². The number of alkyl halides is 6. The van der Waals surface area contributed by atoms with Crippen LogP contribution in [0.1, 0.15) is 67.3 Å². The number of likely N-dealkylation sites (tertiary alicyclic amines) is 1. The minimum Gasteiger partial charge on any atom is -0.478 e.